The number of carboxylic acids is 1. The molecule has 0 radical (unpaired) electrons. The number of benzene rings is 1. The summed E-state index contributed by atoms with van der Waals surface area (Å²) < 4.78 is 13.2. The van der Waals surface area contributed by atoms with Crippen LogP contribution in [0.1, 0.15) is 30.1 Å². The Balaban J connectivity index is 2.16. The quantitative estimate of drug-likeness (QED) is 0.777. The topological polar surface area (TPSA) is 89.9 Å². The van der Waals surface area contributed by atoms with Gasteiger partial charge in [0.2, 0.25) is 0 Å². The number of piperidine rings is 1. The van der Waals surface area contributed by atoms with Crippen LogP contribution < -0.4 is 5.32 Å². The molecular formula is C14H17FN2O4. The summed E-state index contributed by atoms with van der Waals surface area (Å²) in [6, 6.07) is 2.52. The summed E-state index contributed by atoms with van der Waals surface area (Å²) in [6.07, 6.45) is 1.24. The SMILES string of the molecule is CC1(O)CCCN(C(=O)Nc2cc(F)ccc2C(=O)O)C1. The Bertz CT molecular complexity index is 574. The highest BCUT2D eigenvalue weighted by atomic mass is 19.1. The van der Waals surface area contributed by atoms with Gasteiger partial charge in [0.15, 0.2) is 0 Å². The minimum Gasteiger partial charge on any atom is -0.478 e. The number of nitrogens with one attached hydrogen (secondary N) is 1. The van der Waals surface area contributed by atoms with Crippen molar-refractivity contribution in [3.63, 3.8) is 0 Å². The van der Waals surface area contributed by atoms with Crippen molar-refractivity contribution < 1.29 is 24.2 Å². The summed E-state index contributed by atoms with van der Waals surface area (Å²) in [5.41, 5.74) is -1.25. The third-order valence-electron chi connectivity index (χ3n) is 3.42. The Kier molecular flexibility index (Phi) is 4.13. The third-order valence-corrected chi connectivity index (χ3v) is 3.42. The number of aromatic carboxylic acids is 1. The molecular weight excluding hydrogens is 279 g/mol. The van der Waals surface area contributed by atoms with Crippen molar-refractivity contribution in [3.8, 4) is 0 Å². The number of nitrogens with zero attached hydrogens (tertiary/aromatic N) is 1. The van der Waals surface area contributed by atoms with Gasteiger partial charge in [-0.3, -0.25) is 0 Å². The Labute approximate surface area is 121 Å². The molecule has 0 spiro atoms. The van der Waals surface area contributed by atoms with Crippen LogP contribution in [0.25, 0.3) is 0 Å². The Morgan fingerprint density at radius 3 is 2.76 bits per heavy atom. The highest BCUT2D eigenvalue weighted by molar-refractivity contribution is 6.00. The van der Waals surface area contributed by atoms with E-state index in [9.17, 15) is 19.1 Å². The normalized spacial score (nSPS) is 22.0. The van der Waals surface area contributed by atoms with Crippen LogP contribution in [-0.2, 0) is 0 Å². The molecule has 0 saturated carbocycles. The van der Waals surface area contributed by atoms with Crippen molar-refractivity contribution in [2.75, 3.05) is 18.4 Å². The molecule has 21 heavy (non-hydrogen) atoms. The van der Waals surface area contributed by atoms with Gasteiger partial charge in [0.05, 0.1) is 23.4 Å². The maximum Gasteiger partial charge on any atom is 0.337 e. The standard InChI is InChI=1S/C14H17FN2O4/c1-14(21)5-2-6-17(8-14)13(20)16-11-7-9(15)3-4-10(11)12(18)19/h3-4,7,21H,2,5-6,8H2,1H3,(H,16,20)(H,18,19). The van der Waals surface area contributed by atoms with Crippen molar-refractivity contribution in [2.24, 2.45) is 0 Å². The summed E-state index contributed by atoms with van der Waals surface area (Å²) in [4.78, 5) is 24.6. The molecule has 6 nitrogen and oxygen atoms in total. The Morgan fingerprint density at radius 2 is 2.14 bits per heavy atom. The number of aliphatic hydroxyl groups is 1. The highest BCUT2D eigenvalue weighted by Crippen LogP contribution is 2.22. The van der Waals surface area contributed by atoms with E-state index in [4.69, 9.17) is 5.11 Å². The predicted octanol–water partition coefficient (Wildman–Crippen LogP) is 1.90. The zero-order valence-corrected chi connectivity index (χ0v) is 11.6. The lowest BCUT2D eigenvalue weighted by molar-refractivity contribution is -0.000648. The van der Waals surface area contributed by atoms with E-state index in [1.165, 1.54) is 4.90 Å². The molecule has 1 aromatic carbocycles. The first kappa shape index (κ1) is 15.2. The van der Waals surface area contributed by atoms with E-state index in [0.29, 0.717) is 19.4 Å². The van der Waals surface area contributed by atoms with Gasteiger partial charge >= 0.3 is 12.0 Å². The van der Waals surface area contributed by atoms with E-state index in [0.717, 1.165) is 18.2 Å². The molecule has 1 heterocycles. The first-order chi connectivity index (χ1) is 9.78. The van der Waals surface area contributed by atoms with E-state index in [1.807, 2.05) is 0 Å². The molecule has 3 N–H and O–H groups in total. The van der Waals surface area contributed by atoms with Crippen LogP contribution in [0.5, 0.6) is 0 Å². The van der Waals surface area contributed by atoms with Crippen LogP contribution in [0.2, 0.25) is 0 Å². The van der Waals surface area contributed by atoms with Gasteiger partial charge in [0, 0.05) is 6.54 Å². The Morgan fingerprint density at radius 1 is 1.43 bits per heavy atom. The number of likely N-dealkylation sites (tertiary alicyclic amines) is 1. The molecule has 1 fully saturated rings. The van der Waals surface area contributed by atoms with Gasteiger partial charge < -0.3 is 20.4 Å². The van der Waals surface area contributed by atoms with Gasteiger partial charge in [0.25, 0.3) is 0 Å². The second kappa shape index (κ2) is 5.69. The predicted molar refractivity (Wildman–Crippen MR) is 73.8 cm³/mol. The number of hydrogen-bond donors (Lipinski definition) is 3. The molecule has 114 valence electrons. The van der Waals surface area contributed by atoms with E-state index in [-0.39, 0.29) is 17.8 Å². The molecule has 1 saturated heterocycles. The van der Waals surface area contributed by atoms with Gasteiger partial charge in [-0.05, 0) is 38.0 Å². The number of halogens is 1. The smallest absolute Gasteiger partial charge is 0.337 e. The lowest BCUT2D eigenvalue weighted by Crippen LogP contribution is -2.50. The fourth-order valence-corrected chi connectivity index (χ4v) is 2.39. The van der Waals surface area contributed by atoms with Crippen molar-refractivity contribution in [2.45, 2.75) is 25.4 Å². The molecule has 0 bridgehead atoms. The fourth-order valence-electron chi connectivity index (χ4n) is 2.39. The van der Waals surface area contributed by atoms with Crippen molar-refractivity contribution in [1.29, 1.82) is 0 Å². The van der Waals surface area contributed by atoms with E-state index >= 15 is 0 Å². The number of anilines is 1. The fraction of sp³-hybridized carbons (Fsp3) is 0.429. The average molecular weight is 296 g/mol. The molecule has 0 aliphatic carbocycles. The molecule has 0 aromatic heterocycles. The number of carbonyl (C=O) groups excluding carboxylic acids is 1. The Hall–Kier alpha value is -2.15. The van der Waals surface area contributed by atoms with Gasteiger partial charge in [-0.15, -0.1) is 0 Å². The summed E-state index contributed by atoms with van der Waals surface area (Å²) in [5.74, 6) is -1.89. The first-order valence-corrected chi connectivity index (χ1v) is 6.60. The lowest BCUT2D eigenvalue weighted by Gasteiger charge is -2.36. The largest absolute Gasteiger partial charge is 0.478 e. The molecule has 1 aromatic rings. The van der Waals surface area contributed by atoms with Crippen LogP contribution in [0, 0.1) is 5.82 Å². The van der Waals surface area contributed by atoms with Crippen molar-refractivity contribution in [1.82, 2.24) is 4.90 Å². The maximum atomic E-state index is 13.2. The van der Waals surface area contributed by atoms with Crippen LogP contribution in [-0.4, -0.2) is 45.8 Å². The zero-order chi connectivity index (χ0) is 15.6. The number of urea groups is 1. The van der Waals surface area contributed by atoms with Crippen molar-refractivity contribution in [3.05, 3.63) is 29.6 Å². The molecule has 2 rings (SSSR count). The summed E-state index contributed by atoms with van der Waals surface area (Å²) in [7, 11) is 0. The van der Waals surface area contributed by atoms with Gasteiger partial charge in [0.1, 0.15) is 5.82 Å². The number of β-amino-alcohol motifs (C(OH)–C–C–N with tert-alkyl or cyclic N) is 1. The van der Waals surface area contributed by atoms with Crippen LogP contribution in [0.3, 0.4) is 0 Å². The number of carbonyl (C=O) groups is 2. The average Bonchev–Trinajstić information content (AvgIpc) is 2.37. The van der Waals surface area contributed by atoms with E-state index < -0.39 is 23.4 Å². The number of amides is 2. The molecule has 2 amide bonds. The second-order valence-corrected chi connectivity index (χ2v) is 5.45. The zero-order valence-electron chi connectivity index (χ0n) is 11.6. The highest BCUT2D eigenvalue weighted by Gasteiger charge is 2.31. The summed E-state index contributed by atoms with van der Waals surface area (Å²) in [5, 5.41) is 21.4. The molecule has 1 unspecified atom stereocenters. The summed E-state index contributed by atoms with van der Waals surface area (Å²) >= 11 is 0. The minimum absolute atomic E-state index is 0.0993. The van der Waals surface area contributed by atoms with Crippen LogP contribution >= 0.6 is 0 Å². The van der Waals surface area contributed by atoms with Gasteiger partial charge in [-0.1, -0.05) is 0 Å². The van der Waals surface area contributed by atoms with Crippen LogP contribution in [0.4, 0.5) is 14.9 Å². The lowest BCUT2D eigenvalue weighted by atomic mass is 9.95. The molecule has 1 aliphatic heterocycles. The molecule has 7 heteroatoms. The van der Waals surface area contributed by atoms with E-state index in [2.05, 4.69) is 5.32 Å². The molecule has 1 atom stereocenters. The maximum absolute atomic E-state index is 13.2. The third kappa shape index (κ3) is 3.69. The number of rotatable bonds is 2. The van der Waals surface area contributed by atoms with Gasteiger partial charge in [-0.2, -0.15) is 0 Å². The van der Waals surface area contributed by atoms with E-state index in [1.54, 1.807) is 6.92 Å². The monoisotopic (exact) mass is 296 g/mol. The van der Waals surface area contributed by atoms with Gasteiger partial charge in [-0.25, -0.2) is 14.0 Å². The van der Waals surface area contributed by atoms with Crippen LogP contribution in [0.15, 0.2) is 18.2 Å². The van der Waals surface area contributed by atoms with Crippen molar-refractivity contribution >= 4 is 17.7 Å². The minimum atomic E-state index is -1.25. The molecule has 1 aliphatic rings. The number of hydrogen-bond acceptors (Lipinski definition) is 3. The second-order valence-electron chi connectivity index (χ2n) is 5.45. The number of carboxylic acid groups (broad SMARTS) is 1. The summed E-state index contributed by atoms with van der Waals surface area (Å²) in [6.45, 7) is 2.24. The first-order valence-electron chi connectivity index (χ1n) is 6.60.